The van der Waals surface area contributed by atoms with Gasteiger partial charge in [0.15, 0.2) is 11.5 Å². The van der Waals surface area contributed by atoms with Crippen molar-refractivity contribution in [2.45, 2.75) is 0 Å². The Labute approximate surface area is 109 Å². The van der Waals surface area contributed by atoms with Crippen LogP contribution in [0.2, 0.25) is 0 Å². The quantitative estimate of drug-likeness (QED) is 0.922. The van der Waals surface area contributed by atoms with Crippen LogP contribution < -0.4 is 15.2 Å². The number of hydrogen-bond acceptors (Lipinski definition) is 4. The highest BCUT2D eigenvalue weighted by Gasteiger charge is 2.10. The van der Waals surface area contributed by atoms with E-state index in [1.807, 2.05) is 24.3 Å². The lowest BCUT2D eigenvalue weighted by atomic mass is 10.1. The molecule has 0 unspecified atom stereocenters. The lowest BCUT2D eigenvalue weighted by Gasteiger charge is -2.08. The smallest absolute Gasteiger partial charge is 0.258 e. The molecule has 94 valence electrons. The fourth-order valence-electron chi connectivity index (χ4n) is 1.61. The normalized spacial score (nSPS) is 10.1. The SMILES string of the molecule is COc1ccc(-c2ccc(C(N)=O)s2)cc1OC. The van der Waals surface area contributed by atoms with Crippen LogP contribution in [0.15, 0.2) is 30.3 Å². The van der Waals surface area contributed by atoms with Crippen LogP contribution in [0.1, 0.15) is 9.67 Å². The van der Waals surface area contributed by atoms with Gasteiger partial charge < -0.3 is 15.2 Å². The highest BCUT2D eigenvalue weighted by Crippen LogP contribution is 2.35. The number of carbonyl (C=O) groups is 1. The van der Waals surface area contributed by atoms with Crippen LogP contribution in [-0.2, 0) is 0 Å². The van der Waals surface area contributed by atoms with E-state index in [0.717, 1.165) is 10.4 Å². The van der Waals surface area contributed by atoms with E-state index >= 15 is 0 Å². The average Bonchev–Trinajstić information content (AvgIpc) is 2.87. The van der Waals surface area contributed by atoms with Crippen molar-refractivity contribution in [1.29, 1.82) is 0 Å². The first-order chi connectivity index (χ1) is 8.65. The molecule has 4 nitrogen and oxygen atoms in total. The Hall–Kier alpha value is -2.01. The van der Waals surface area contributed by atoms with E-state index in [-0.39, 0.29) is 0 Å². The third-order valence-corrected chi connectivity index (χ3v) is 3.67. The van der Waals surface area contributed by atoms with E-state index in [4.69, 9.17) is 15.2 Å². The largest absolute Gasteiger partial charge is 0.493 e. The minimum atomic E-state index is -0.410. The van der Waals surface area contributed by atoms with Gasteiger partial charge in [-0.1, -0.05) is 0 Å². The molecule has 1 aromatic carbocycles. The van der Waals surface area contributed by atoms with Crippen molar-refractivity contribution in [3.05, 3.63) is 35.2 Å². The van der Waals surface area contributed by atoms with Gasteiger partial charge in [0, 0.05) is 4.88 Å². The molecule has 0 saturated heterocycles. The van der Waals surface area contributed by atoms with Gasteiger partial charge in [0.1, 0.15) is 0 Å². The minimum absolute atomic E-state index is 0.410. The first kappa shape index (κ1) is 12.4. The van der Waals surface area contributed by atoms with Gasteiger partial charge in [0.05, 0.1) is 19.1 Å². The van der Waals surface area contributed by atoms with Crippen LogP contribution in [0.25, 0.3) is 10.4 Å². The number of ether oxygens (including phenoxy) is 2. The Bertz CT molecular complexity index is 577. The first-order valence-electron chi connectivity index (χ1n) is 5.27. The number of carbonyl (C=O) groups excluding carboxylic acids is 1. The molecule has 5 heteroatoms. The fourth-order valence-corrected chi connectivity index (χ4v) is 2.47. The lowest BCUT2D eigenvalue weighted by Crippen LogP contribution is -2.07. The van der Waals surface area contributed by atoms with Gasteiger partial charge in [-0.15, -0.1) is 11.3 Å². The first-order valence-corrected chi connectivity index (χ1v) is 6.09. The molecule has 1 heterocycles. The molecule has 0 spiro atoms. The molecule has 2 N–H and O–H groups in total. The summed E-state index contributed by atoms with van der Waals surface area (Å²) >= 11 is 1.36. The monoisotopic (exact) mass is 263 g/mol. The number of thiophene rings is 1. The second-order valence-electron chi connectivity index (χ2n) is 3.60. The van der Waals surface area contributed by atoms with Gasteiger partial charge in [0.2, 0.25) is 0 Å². The van der Waals surface area contributed by atoms with E-state index in [2.05, 4.69) is 0 Å². The fraction of sp³-hybridized carbons (Fsp3) is 0.154. The van der Waals surface area contributed by atoms with Gasteiger partial charge in [-0.05, 0) is 35.9 Å². The van der Waals surface area contributed by atoms with E-state index < -0.39 is 5.91 Å². The van der Waals surface area contributed by atoms with Crippen molar-refractivity contribution < 1.29 is 14.3 Å². The van der Waals surface area contributed by atoms with E-state index in [1.54, 1.807) is 20.3 Å². The van der Waals surface area contributed by atoms with E-state index in [9.17, 15) is 4.79 Å². The third kappa shape index (κ3) is 2.31. The standard InChI is InChI=1S/C13H13NO3S/c1-16-9-4-3-8(7-10(9)17-2)11-5-6-12(18-11)13(14)15/h3-7H,1-2H3,(H2,14,15). The number of primary amides is 1. The molecule has 0 aliphatic heterocycles. The Balaban J connectivity index is 2.41. The number of rotatable bonds is 4. The summed E-state index contributed by atoms with van der Waals surface area (Å²) in [4.78, 5) is 12.6. The summed E-state index contributed by atoms with van der Waals surface area (Å²) in [6, 6.07) is 9.20. The topological polar surface area (TPSA) is 61.5 Å². The number of amides is 1. The molecule has 2 rings (SSSR count). The Morgan fingerprint density at radius 3 is 2.39 bits per heavy atom. The summed E-state index contributed by atoms with van der Waals surface area (Å²) in [5, 5.41) is 0. The van der Waals surface area contributed by atoms with E-state index in [0.29, 0.717) is 16.4 Å². The zero-order valence-corrected chi connectivity index (χ0v) is 10.9. The molecular weight excluding hydrogens is 250 g/mol. The molecule has 1 aromatic heterocycles. The average molecular weight is 263 g/mol. The van der Waals surface area contributed by atoms with Crippen LogP contribution in [0, 0.1) is 0 Å². The molecule has 2 aromatic rings. The summed E-state index contributed by atoms with van der Waals surface area (Å²) in [6.45, 7) is 0. The molecule has 0 saturated carbocycles. The van der Waals surface area contributed by atoms with Gasteiger partial charge in [-0.2, -0.15) is 0 Å². The molecule has 1 amide bonds. The predicted molar refractivity (Wildman–Crippen MR) is 71.4 cm³/mol. The number of nitrogens with two attached hydrogens (primary N) is 1. The second kappa shape index (κ2) is 5.10. The Morgan fingerprint density at radius 1 is 1.11 bits per heavy atom. The minimum Gasteiger partial charge on any atom is -0.493 e. The number of methoxy groups -OCH3 is 2. The Kier molecular flexibility index (Phi) is 3.53. The molecule has 0 fully saturated rings. The maximum absolute atomic E-state index is 11.1. The maximum Gasteiger partial charge on any atom is 0.258 e. The molecular formula is C13H13NO3S. The van der Waals surface area contributed by atoms with Crippen LogP contribution in [0.5, 0.6) is 11.5 Å². The molecule has 18 heavy (non-hydrogen) atoms. The molecule has 0 radical (unpaired) electrons. The maximum atomic E-state index is 11.1. The predicted octanol–water partition coefficient (Wildman–Crippen LogP) is 2.53. The summed E-state index contributed by atoms with van der Waals surface area (Å²) in [6.07, 6.45) is 0. The molecule has 0 aliphatic carbocycles. The van der Waals surface area contributed by atoms with Crippen molar-refractivity contribution in [1.82, 2.24) is 0 Å². The second-order valence-corrected chi connectivity index (χ2v) is 4.68. The van der Waals surface area contributed by atoms with Gasteiger partial charge >= 0.3 is 0 Å². The van der Waals surface area contributed by atoms with E-state index in [1.165, 1.54) is 11.3 Å². The molecule has 0 aliphatic rings. The van der Waals surface area contributed by atoms with Crippen molar-refractivity contribution in [2.24, 2.45) is 5.73 Å². The zero-order chi connectivity index (χ0) is 13.1. The van der Waals surface area contributed by atoms with Crippen LogP contribution >= 0.6 is 11.3 Å². The van der Waals surface area contributed by atoms with Gasteiger partial charge in [0.25, 0.3) is 5.91 Å². The number of benzene rings is 1. The molecule has 0 atom stereocenters. The van der Waals surface area contributed by atoms with Crippen molar-refractivity contribution >= 4 is 17.2 Å². The highest BCUT2D eigenvalue weighted by molar-refractivity contribution is 7.17. The number of hydrogen-bond donors (Lipinski definition) is 1. The van der Waals surface area contributed by atoms with Gasteiger partial charge in [-0.25, -0.2) is 0 Å². The van der Waals surface area contributed by atoms with Crippen molar-refractivity contribution in [2.75, 3.05) is 14.2 Å². The van der Waals surface area contributed by atoms with Crippen LogP contribution in [0.4, 0.5) is 0 Å². The zero-order valence-electron chi connectivity index (χ0n) is 10.1. The van der Waals surface area contributed by atoms with Gasteiger partial charge in [-0.3, -0.25) is 4.79 Å². The van der Waals surface area contributed by atoms with Crippen LogP contribution in [-0.4, -0.2) is 20.1 Å². The lowest BCUT2D eigenvalue weighted by molar-refractivity contribution is 0.100. The third-order valence-electron chi connectivity index (χ3n) is 2.52. The highest BCUT2D eigenvalue weighted by atomic mass is 32.1. The molecule has 0 bridgehead atoms. The summed E-state index contributed by atoms with van der Waals surface area (Å²) < 4.78 is 10.4. The summed E-state index contributed by atoms with van der Waals surface area (Å²) in [7, 11) is 3.18. The van der Waals surface area contributed by atoms with Crippen molar-refractivity contribution in [3.8, 4) is 21.9 Å². The van der Waals surface area contributed by atoms with Crippen molar-refractivity contribution in [3.63, 3.8) is 0 Å². The summed E-state index contributed by atoms with van der Waals surface area (Å²) in [5.41, 5.74) is 6.20. The Morgan fingerprint density at radius 2 is 1.83 bits per heavy atom. The summed E-state index contributed by atoms with van der Waals surface area (Å²) in [5.74, 6) is 0.920. The van der Waals surface area contributed by atoms with Crippen LogP contribution in [0.3, 0.4) is 0 Å².